The van der Waals surface area contributed by atoms with Crippen molar-refractivity contribution in [3.63, 3.8) is 0 Å². The Labute approximate surface area is 99.9 Å². The van der Waals surface area contributed by atoms with Crippen molar-refractivity contribution in [2.75, 3.05) is 19.6 Å². The summed E-state index contributed by atoms with van der Waals surface area (Å²) in [5.41, 5.74) is 0. The van der Waals surface area contributed by atoms with Gasteiger partial charge in [0.15, 0.2) is 0 Å². The number of carboxylic acid groups (broad SMARTS) is 1. The molecule has 2 bridgehead atoms. The molecule has 0 spiro atoms. The van der Waals surface area contributed by atoms with E-state index >= 15 is 0 Å². The van der Waals surface area contributed by atoms with Crippen molar-refractivity contribution in [2.24, 2.45) is 0 Å². The molecular formula is C11H18N2O4. The van der Waals surface area contributed by atoms with Crippen LogP contribution in [-0.4, -0.2) is 59.8 Å². The number of morpholine rings is 1. The Morgan fingerprint density at radius 2 is 2.00 bits per heavy atom. The van der Waals surface area contributed by atoms with Crippen LogP contribution in [0.3, 0.4) is 0 Å². The molecule has 2 fully saturated rings. The summed E-state index contributed by atoms with van der Waals surface area (Å²) in [6, 6.07) is -0.833. The molecule has 96 valence electrons. The number of likely N-dealkylation sites (tertiary alicyclic amines) is 1. The second-order valence-electron chi connectivity index (χ2n) is 4.78. The van der Waals surface area contributed by atoms with Crippen molar-refractivity contribution in [1.82, 2.24) is 10.2 Å². The van der Waals surface area contributed by atoms with Crippen LogP contribution in [-0.2, 0) is 14.3 Å². The predicted octanol–water partition coefficient (Wildman–Crippen LogP) is -0.561. The van der Waals surface area contributed by atoms with E-state index in [1.807, 2.05) is 4.90 Å². The van der Waals surface area contributed by atoms with E-state index in [0.717, 1.165) is 25.9 Å². The monoisotopic (exact) mass is 242 g/mol. The van der Waals surface area contributed by atoms with E-state index in [1.165, 1.54) is 6.92 Å². The summed E-state index contributed by atoms with van der Waals surface area (Å²) < 4.78 is 5.66. The Kier molecular flexibility index (Phi) is 3.63. The second kappa shape index (κ2) is 5.01. The zero-order chi connectivity index (χ0) is 12.4. The number of aliphatic carboxylic acids is 1. The van der Waals surface area contributed by atoms with E-state index in [1.54, 1.807) is 0 Å². The summed E-state index contributed by atoms with van der Waals surface area (Å²) in [6.07, 6.45) is 2.62. The summed E-state index contributed by atoms with van der Waals surface area (Å²) >= 11 is 0. The van der Waals surface area contributed by atoms with Gasteiger partial charge in [-0.15, -0.1) is 0 Å². The maximum absolute atomic E-state index is 11.6. The Bertz CT molecular complexity index is 309. The number of carbonyl (C=O) groups excluding carboxylic acids is 1. The molecule has 3 atom stereocenters. The van der Waals surface area contributed by atoms with E-state index in [-0.39, 0.29) is 24.7 Å². The van der Waals surface area contributed by atoms with Gasteiger partial charge in [-0.05, 0) is 19.8 Å². The van der Waals surface area contributed by atoms with Crippen molar-refractivity contribution in [1.29, 1.82) is 0 Å². The number of fused-ring (bicyclic) bond motifs is 2. The number of hydrogen-bond donors (Lipinski definition) is 2. The number of ether oxygens (including phenoxy) is 1. The minimum absolute atomic E-state index is 0.235. The highest BCUT2D eigenvalue weighted by Crippen LogP contribution is 2.25. The summed E-state index contributed by atoms with van der Waals surface area (Å²) in [6.45, 7) is 3.26. The van der Waals surface area contributed by atoms with Crippen LogP contribution in [0.15, 0.2) is 0 Å². The zero-order valence-corrected chi connectivity index (χ0v) is 9.89. The summed E-state index contributed by atoms with van der Waals surface area (Å²) in [4.78, 5) is 24.2. The maximum Gasteiger partial charge on any atom is 0.325 e. The van der Waals surface area contributed by atoms with Crippen LogP contribution in [0, 0.1) is 0 Å². The molecule has 0 radical (unpaired) electrons. The number of nitrogens with one attached hydrogen (secondary N) is 1. The lowest BCUT2D eigenvalue weighted by Gasteiger charge is -2.31. The fourth-order valence-electron chi connectivity index (χ4n) is 2.38. The number of nitrogens with zero attached hydrogens (tertiary/aromatic N) is 1. The van der Waals surface area contributed by atoms with Crippen molar-refractivity contribution < 1.29 is 19.4 Å². The molecule has 0 aromatic rings. The minimum atomic E-state index is -1.01. The molecule has 1 amide bonds. The van der Waals surface area contributed by atoms with Crippen LogP contribution < -0.4 is 5.32 Å². The van der Waals surface area contributed by atoms with Gasteiger partial charge in [0, 0.05) is 13.1 Å². The van der Waals surface area contributed by atoms with Crippen molar-refractivity contribution >= 4 is 11.9 Å². The third kappa shape index (κ3) is 3.17. The Hall–Kier alpha value is -1.14. The molecule has 17 heavy (non-hydrogen) atoms. The molecule has 0 aromatic heterocycles. The van der Waals surface area contributed by atoms with E-state index in [0.29, 0.717) is 0 Å². The lowest BCUT2D eigenvalue weighted by molar-refractivity contribution is -0.141. The molecule has 2 aliphatic rings. The maximum atomic E-state index is 11.6. The second-order valence-corrected chi connectivity index (χ2v) is 4.78. The van der Waals surface area contributed by atoms with Gasteiger partial charge in [0.1, 0.15) is 6.04 Å². The number of carboxylic acids is 1. The average molecular weight is 242 g/mol. The van der Waals surface area contributed by atoms with Crippen LogP contribution in [0.2, 0.25) is 0 Å². The number of rotatable bonds is 4. The molecule has 2 heterocycles. The van der Waals surface area contributed by atoms with E-state index in [9.17, 15) is 9.59 Å². The summed E-state index contributed by atoms with van der Waals surface area (Å²) in [5.74, 6) is -1.25. The minimum Gasteiger partial charge on any atom is -0.480 e. The van der Waals surface area contributed by atoms with Gasteiger partial charge in [0.2, 0.25) is 5.91 Å². The summed E-state index contributed by atoms with van der Waals surface area (Å²) in [7, 11) is 0. The first-order chi connectivity index (χ1) is 8.04. The molecule has 0 aromatic carbocycles. The molecule has 2 aliphatic heterocycles. The summed E-state index contributed by atoms with van der Waals surface area (Å²) in [5, 5.41) is 11.1. The lowest BCUT2D eigenvalue weighted by Crippen LogP contribution is -2.49. The van der Waals surface area contributed by atoms with E-state index < -0.39 is 12.0 Å². The van der Waals surface area contributed by atoms with Gasteiger partial charge >= 0.3 is 5.97 Å². The standard InChI is InChI=1S/C11H18N2O4/c1-7(11(15)16)12-10(14)6-13-4-8-2-3-9(5-13)17-8/h7-9H,2-6H2,1H3,(H,12,14)(H,15,16)/t7-,8?,9?/m0/s1. The Balaban J connectivity index is 1.77. The average Bonchev–Trinajstić information content (AvgIpc) is 2.57. The molecule has 0 saturated carbocycles. The van der Waals surface area contributed by atoms with Gasteiger partial charge < -0.3 is 15.2 Å². The fourth-order valence-corrected chi connectivity index (χ4v) is 2.38. The van der Waals surface area contributed by atoms with Crippen LogP contribution in [0.25, 0.3) is 0 Å². The highest BCUT2D eigenvalue weighted by Gasteiger charge is 2.34. The third-order valence-corrected chi connectivity index (χ3v) is 3.23. The SMILES string of the molecule is C[C@H](NC(=O)CN1CC2CCC(C1)O2)C(=O)O. The quantitative estimate of drug-likeness (QED) is 0.691. The van der Waals surface area contributed by atoms with Gasteiger partial charge in [-0.2, -0.15) is 0 Å². The normalized spacial score (nSPS) is 29.9. The third-order valence-electron chi connectivity index (χ3n) is 3.23. The fraction of sp³-hybridized carbons (Fsp3) is 0.818. The zero-order valence-electron chi connectivity index (χ0n) is 9.89. The van der Waals surface area contributed by atoms with E-state index in [4.69, 9.17) is 9.84 Å². The lowest BCUT2D eigenvalue weighted by atomic mass is 10.2. The molecule has 2 N–H and O–H groups in total. The largest absolute Gasteiger partial charge is 0.480 e. The molecule has 2 unspecified atom stereocenters. The van der Waals surface area contributed by atoms with Gasteiger partial charge in [-0.25, -0.2) is 0 Å². The van der Waals surface area contributed by atoms with Crippen LogP contribution in [0.5, 0.6) is 0 Å². The number of hydrogen-bond acceptors (Lipinski definition) is 4. The van der Waals surface area contributed by atoms with Crippen LogP contribution in [0.4, 0.5) is 0 Å². The topological polar surface area (TPSA) is 78.9 Å². The molecule has 2 saturated heterocycles. The van der Waals surface area contributed by atoms with Crippen molar-refractivity contribution in [3.05, 3.63) is 0 Å². The molecular weight excluding hydrogens is 224 g/mol. The number of carbonyl (C=O) groups is 2. The van der Waals surface area contributed by atoms with Gasteiger partial charge in [-0.1, -0.05) is 0 Å². The number of amides is 1. The van der Waals surface area contributed by atoms with Gasteiger partial charge in [0.05, 0.1) is 18.8 Å². The first kappa shape index (κ1) is 12.3. The van der Waals surface area contributed by atoms with Crippen molar-refractivity contribution in [2.45, 2.75) is 38.0 Å². The van der Waals surface area contributed by atoms with Gasteiger partial charge in [-0.3, -0.25) is 14.5 Å². The Morgan fingerprint density at radius 3 is 2.53 bits per heavy atom. The smallest absolute Gasteiger partial charge is 0.325 e. The molecule has 6 nitrogen and oxygen atoms in total. The van der Waals surface area contributed by atoms with Crippen LogP contribution in [0.1, 0.15) is 19.8 Å². The van der Waals surface area contributed by atoms with Crippen LogP contribution >= 0.6 is 0 Å². The molecule has 0 aliphatic carbocycles. The molecule has 6 heteroatoms. The molecule has 2 rings (SSSR count). The highest BCUT2D eigenvalue weighted by atomic mass is 16.5. The first-order valence-corrected chi connectivity index (χ1v) is 5.94. The van der Waals surface area contributed by atoms with E-state index in [2.05, 4.69) is 5.32 Å². The highest BCUT2D eigenvalue weighted by molar-refractivity contribution is 5.84. The predicted molar refractivity (Wildman–Crippen MR) is 59.6 cm³/mol. The Morgan fingerprint density at radius 1 is 1.41 bits per heavy atom. The van der Waals surface area contributed by atoms with Crippen molar-refractivity contribution in [3.8, 4) is 0 Å². The first-order valence-electron chi connectivity index (χ1n) is 5.94. The van der Waals surface area contributed by atoms with Gasteiger partial charge in [0.25, 0.3) is 0 Å².